The molecule has 0 aliphatic carbocycles. The van der Waals surface area contributed by atoms with Gasteiger partial charge in [0, 0.05) is 17.6 Å². The van der Waals surface area contributed by atoms with Crippen LogP contribution in [-0.2, 0) is 26.0 Å². The third-order valence-electron chi connectivity index (χ3n) is 5.81. The van der Waals surface area contributed by atoms with Crippen LogP contribution in [0.2, 0.25) is 5.02 Å². The van der Waals surface area contributed by atoms with Crippen LogP contribution in [0.15, 0.2) is 89.8 Å². The second kappa shape index (κ2) is 12.7. The van der Waals surface area contributed by atoms with E-state index in [-0.39, 0.29) is 23.4 Å². The standard InChI is InChI=1S/C28H32ClN3O4S/c1-21(2)30-28(34)22(3)31(19-18-23-10-6-4-7-11-23)27(33)20-32(25-16-14-24(29)15-17-25)37(35,36)26-12-8-5-9-13-26/h4-17,21-22H,18-20H2,1-3H3,(H,30,34). The zero-order valence-corrected chi connectivity index (χ0v) is 22.7. The second-order valence-corrected chi connectivity index (χ2v) is 11.3. The predicted octanol–water partition coefficient (Wildman–Crippen LogP) is 4.52. The van der Waals surface area contributed by atoms with Gasteiger partial charge >= 0.3 is 0 Å². The molecule has 0 fully saturated rings. The summed E-state index contributed by atoms with van der Waals surface area (Å²) in [4.78, 5) is 28.1. The summed E-state index contributed by atoms with van der Waals surface area (Å²) in [6.07, 6.45) is 0.512. The van der Waals surface area contributed by atoms with Crippen molar-refractivity contribution in [2.45, 2.75) is 44.2 Å². The summed E-state index contributed by atoms with van der Waals surface area (Å²) in [5, 5.41) is 3.28. The highest BCUT2D eigenvalue weighted by Crippen LogP contribution is 2.25. The van der Waals surface area contributed by atoms with Crippen molar-refractivity contribution in [1.82, 2.24) is 10.2 Å². The molecule has 0 bridgehead atoms. The lowest BCUT2D eigenvalue weighted by atomic mass is 10.1. The number of rotatable bonds is 11. The molecule has 0 aromatic heterocycles. The van der Waals surface area contributed by atoms with Gasteiger partial charge in [-0.3, -0.25) is 13.9 Å². The number of nitrogens with one attached hydrogen (secondary N) is 1. The van der Waals surface area contributed by atoms with Crippen LogP contribution in [0.3, 0.4) is 0 Å². The van der Waals surface area contributed by atoms with E-state index in [4.69, 9.17) is 11.6 Å². The van der Waals surface area contributed by atoms with Gasteiger partial charge in [0.25, 0.3) is 10.0 Å². The number of carbonyl (C=O) groups is 2. The van der Waals surface area contributed by atoms with Crippen molar-refractivity contribution in [2.24, 2.45) is 0 Å². The Kier molecular flexibility index (Phi) is 9.72. The molecule has 1 unspecified atom stereocenters. The van der Waals surface area contributed by atoms with Crippen molar-refractivity contribution in [3.8, 4) is 0 Å². The summed E-state index contributed by atoms with van der Waals surface area (Å²) in [6, 6.07) is 22.9. The number of hydrogen-bond donors (Lipinski definition) is 1. The van der Waals surface area contributed by atoms with Gasteiger partial charge < -0.3 is 10.2 Å². The molecule has 196 valence electrons. The quantitative estimate of drug-likeness (QED) is 0.387. The van der Waals surface area contributed by atoms with Crippen LogP contribution in [0.4, 0.5) is 5.69 Å². The van der Waals surface area contributed by atoms with Crippen LogP contribution >= 0.6 is 11.6 Å². The van der Waals surface area contributed by atoms with Crippen molar-refractivity contribution in [1.29, 1.82) is 0 Å². The Labute approximate surface area is 224 Å². The number of anilines is 1. The highest BCUT2D eigenvalue weighted by molar-refractivity contribution is 7.92. The van der Waals surface area contributed by atoms with Crippen LogP contribution in [-0.4, -0.2) is 50.3 Å². The Hall–Kier alpha value is -3.36. The first kappa shape index (κ1) is 28.2. The third-order valence-corrected chi connectivity index (χ3v) is 7.85. The zero-order valence-electron chi connectivity index (χ0n) is 21.2. The van der Waals surface area contributed by atoms with Crippen LogP contribution in [0.25, 0.3) is 0 Å². The fraction of sp³-hybridized carbons (Fsp3) is 0.286. The van der Waals surface area contributed by atoms with E-state index >= 15 is 0 Å². The minimum Gasteiger partial charge on any atom is -0.352 e. The Bertz CT molecular complexity index is 1280. The summed E-state index contributed by atoms with van der Waals surface area (Å²) in [5.74, 6) is -0.794. The van der Waals surface area contributed by atoms with E-state index in [1.165, 1.54) is 17.0 Å². The summed E-state index contributed by atoms with van der Waals surface area (Å²) in [7, 11) is -4.09. The molecule has 3 aromatic carbocycles. The molecule has 0 aliphatic heterocycles. The lowest BCUT2D eigenvalue weighted by Gasteiger charge is -2.32. The fourth-order valence-corrected chi connectivity index (χ4v) is 5.39. The molecule has 1 atom stereocenters. The fourth-order valence-electron chi connectivity index (χ4n) is 3.83. The number of nitrogens with zero attached hydrogens (tertiary/aromatic N) is 2. The van der Waals surface area contributed by atoms with Gasteiger partial charge in [-0.05, 0) is 69.2 Å². The molecule has 0 spiro atoms. The van der Waals surface area contributed by atoms with Crippen molar-refractivity contribution in [3.05, 3.63) is 95.5 Å². The first-order valence-electron chi connectivity index (χ1n) is 12.1. The van der Waals surface area contributed by atoms with Crippen molar-refractivity contribution in [2.75, 3.05) is 17.4 Å². The predicted molar refractivity (Wildman–Crippen MR) is 147 cm³/mol. The van der Waals surface area contributed by atoms with Crippen LogP contribution < -0.4 is 9.62 Å². The van der Waals surface area contributed by atoms with E-state index < -0.39 is 28.5 Å². The van der Waals surface area contributed by atoms with Gasteiger partial charge in [0.2, 0.25) is 11.8 Å². The second-order valence-electron chi connectivity index (χ2n) is 8.96. The van der Waals surface area contributed by atoms with Gasteiger partial charge in [0.05, 0.1) is 10.6 Å². The minimum absolute atomic E-state index is 0.0548. The topological polar surface area (TPSA) is 86.8 Å². The molecule has 0 heterocycles. The average Bonchev–Trinajstić information content (AvgIpc) is 2.88. The largest absolute Gasteiger partial charge is 0.352 e. The molecular weight excluding hydrogens is 510 g/mol. The molecule has 2 amide bonds. The van der Waals surface area contributed by atoms with Crippen LogP contribution in [0.5, 0.6) is 0 Å². The number of benzene rings is 3. The van der Waals surface area contributed by atoms with Crippen LogP contribution in [0.1, 0.15) is 26.3 Å². The molecule has 0 radical (unpaired) electrons. The summed E-state index contributed by atoms with van der Waals surface area (Å²) < 4.78 is 28.4. The van der Waals surface area contributed by atoms with E-state index in [2.05, 4.69) is 5.32 Å². The van der Waals surface area contributed by atoms with Gasteiger partial charge in [-0.15, -0.1) is 0 Å². The monoisotopic (exact) mass is 541 g/mol. The van der Waals surface area contributed by atoms with Gasteiger partial charge in [-0.1, -0.05) is 60.1 Å². The van der Waals surface area contributed by atoms with Crippen molar-refractivity contribution >= 4 is 39.1 Å². The molecule has 0 saturated heterocycles. The first-order chi connectivity index (χ1) is 17.6. The highest BCUT2D eigenvalue weighted by Gasteiger charge is 2.32. The van der Waals surface area contributed by atoms with E-state index in [0.717, 1.165) is 9.87 Å². The highest BCUT2D eigenvalue weighted by atomic mass is 35.5. The number of carbonyl (C=O) groups excluding carboxylic acids is 2. The Morgan fingerprint density at radius 3 is 2.00 bits per heavy atom. The Morgan fingerprint density at radius 1 is 0.865 bits per heavy atom. The van der Waals surface area contributed by atoms with Gasteiger partial charge in [-0.2, -0.15) is 0 Å². The van der Waals surface area contributed by atoms with Crippen LogP contribution in [0, 0.1) is 0 Å². The lowest BCUT2D eigenvalue weighted by molar-refractivity contribution is -0.139. The minimum atomic E-state index is -4.09. The smallest absolute Gasteiger partial charge is 0.264 e. The van der Waals surface area contributed by atoms with E-state index in [1.807, 2.05) is 44.2 Å². The first-order valence-corrected chi connectivity index (χ1v) is 13.9. The van der Waals surface area contributed by atoms with E-state index in [0.29, 0.717) is 17.1 Å². The van der Waals surface area contributed by atoms with E-state index in [9.17, 15) is 18.0 Å². The molecule has 9 heteroatoms. The molecule has 7 nitrogen and oxygen atoms in total. The number of halogens is 1. The molecule has 0 aliphatic rings. The van der Waals surface area contributed by atoms with Gasteiger partial charge in [-0.25, -0.2) is 8.42 Å². The maximum atomic E-state index is 13.7. The maximum absolute atomic E-state index is 13.7. The summed E-state index contributed by atoms with van der Waals surface area (Å²) in [5.41, 5.74) is 1.30. The van der Waals surface area contributed by atoms with E-state index in [1.54, 1.807) is 49.4 Å². The average molecular weight is 542 g/mol. The van der Waals surface area contributed by atoms with Gasteiger partial charge in [0.15, 0.2) is 0 Å². The summed E-state index contributed by atoms with van der Waals surface area (Å²) in [6.45, 7) is 5.10. The number of sulfonamides is 1. The molecule has 3 rings (SSSR count). The number of hydrogen-bond acceptors (Lipinski definition) is 4. The maximum Gasteiger partial charge on any atom is 0.264 e. The molecule has 1 N–H and O–H groups in total. The molecule has 0 saturated carbocycles. The normalized spacial score (nSPS) is 12.1. The SMILES string of the molecule is CC(C)NC(=O)C(C)N(CCc1ccccc1)C(=O)CN(c1ccc(Cl)cc1)S(=O)(=O)c1ccccc1. The molecule has 3 aromatic rings. The third kappa shape index (κ3) is 7.57. The Balaban J connectivity index is 1.95. The van der Waals surface area contributed by atoms with Gasteiger partial charge in [0.1, 0.15) is 12.6 Å². The van der Waals surface area contributed by atoms with Crippen molar-refractivity contribution < 1.29 is 18.0 Å². The Morgan fingerprint density at radius 2 is 1.43 bits per heavy atom. The molecule has 37 heavy (non-hydrogen) atoms. The summed E-state index contributed by atoms with van der Waals surface area (Å²) >= 11 is 6.03. The van der Waals surface area contributed by atoms with Crippen molar-refractivity contribution in [3.63, 3.8) is 0 Å². The number of amides is 2. The molecular formula is C28H32ClN3O4S. The lowest BCUT2D eigenvalue weighted by Crippen LogP contribution is -2.53. The zero-order chi connectivity index (χ0) is 27.0.